The number of nitro benzene ring substituents is 1. The molecule has 1 rings (SSSR count). The van der Waals surface area contributed by atoms with Crippen molar-refractivity contribution in [2.24, 2.45) is 5.73 Å². The van der Waals surface area contributed by atoms with Crippen LogP contribution in [0.4, 0.5) is 11.4 Å². The molecule has 1 aromatic rings. The van der Waals surface area contributed by atoms with Crippen LogP contribution in [0.1, 0.15) is 23.7 Å². The molecule has 96 valence electrons. The van der Waals surface area contributed by atoms with Crippen molar-refractivity contribution in [2.75, 3.05) is 5.32 Å². The molecule has 1 amide bonds. The van der Waals surface area contributed by atoms with Crippen molar-refractivity contribution in [3.8, 4) is 0 Å². The van der Waals surface area contributed by atoms with Crippen LogP contribution in [0.2, 0.25) is 0 Å². The molecule has 0 saturated heterocycles. The van der Waals surface area contributed by atoms with E-state index in [0.29, 0.717) is 6.29 Å². The lowest BCUT2D eigenvalue weighted by atomic mass is 10.1. The van der Waals surface area contributed by atoms with Gasteiger partial charge in [-0.1, -0.05) is 0 Å². The van der Waals surface area contributed by atoms with E-state index >= 15 is 0 Å². The van der Waals surface area contributed by atoms with Crippen molar-refractivity contribution in [1.29, 1.82) is 0 Å². The van der Waals surface area contributed by atoms with Crippen LogP contribution in [-0.2, 0) is 4.79 Å². The maximum absolute atomic E-state index is 10.9. The normalized spacial score (nSPS) is 11.6. The quantitative estimate of drug-likeness (QED) is 0.446. The van der Waals surface area contributed by atoms with Crippen molar-refractivity contribution in [1.82, 2.24) is 0 Å². The summed E-state index contributed by atoms with van der Waals surface area (Å²) in [5.41, 5.74) is 5.29. The molecule has 7 nitrogen and oxygen atoms in total. The molecule has 0 fully saturated rings. The van der Waals surface area contributed by atoms with Gasteiger partial charge < -0.3 is 11.1 Å². The van der Waals surface area contributed by atoms with Gasteiger partial charge in [-0.25, -0.2) is 0 Å². The number of nitrogens with two attached hydrogens (primary N) is 1. The standard InChI is InChI=1S/C11H13N3O4/c1-7(4-11(12)16)13-9-3-2-8(6-15)5-10(9)14(17)18/h2-3,5-7,13H,4H2,1H3,(H2,12,16). The van der Waals surface area contributed by atoms with Gasteiger partial charge in [0.25, 0.3) is 5.69 Å². The third-order valence-electron chi connectivity index (χ3n) is 2.26. The summed E-state index contributed by atoms with van der Waals surface area (Å²) in [6, 6.07) is 3.73. The number of nitrogens with one attached hydrogen (secondary N) is 1. The lowest BCUT2D eigenvalue weighted by Gasteiger charge is -2.13. The Labute approximate surface area is 103 Å². The second kappa shape index (κ2) is 5.76. The fourth-order valence-electron chi connectivity index (χ4n) is 1.51. The van der Waals surface area contributed by atoms with E-state index in [1.807, 2.05) is 0 Å². The summed E-state index contributed by atoms with van der Waals surface area (Å²) in [5.74, 6) is -0.498. The SMILES string of the molecule is CC(CC(N)=O)Nc1ccc(C=O)cc1[N+](=O)[O-]. The Hall–Kier alpha value is -2.44. The summed E-state index contributed by atoms with van der Waals surface area (Å²) in [5, 5.41) is 13.7. The predicted octanol–water partition coefficient (Wildman–Crippen LogP) is 1.08. The van der Waals surface area contributed by atoms with Crippen molar-refractivity contribution >= 4 is 23.6 Å². The lowest BCUT2D eigenvalue weighted by Crippen LogP contribution is -2.24. The van der Waals surface area contributed by atoms with Gasteiger partial charge in [0.15, 0.2) is 0 Å². The van der Waals surface area contributed by atoms with Gasteiger partial charge in [-0.15, -0.1) is 0 Å². The van der Waals surface area contributed by atoms with Gasteiger partial charge in [0.1, 0.15) is 12.0 Å². The van der Waals surface area contributed by atoms with Gasteiger partial charge in [0, 0.05) is 24.1 Å². The Bertz CT molecular complexity index is 487. The third-order valence-corrected chi connectivity index (χ3v) is 2.26. The van der Waals surface area contributed by atoms with Crippen LogP contribution in [-0.4, -0.2) is 23.2 Å². The fraction of sp³-hybridized carbons (Fsp3) is 0.273. The molecule has 0 aliphatic heterocycles. The number of hydrogen-bond acceptors (Lipinski definition) is 5. The van der Waals surface area contributed by atoms with E-state index in [-0.39, 0.29) is 29.4 Å². The maximum atomic E-state index is 10.9. The highest BCUT2D eigenvalue weighted by Gasteiger charge is 2.16. The fourth-order valence-corrected chi connectivity index (χ4v) is 1.51. The average Bonchev–Trinajstić information content (AvgIpc) is 2.28. The van der Waals surface area contributed by atoms with E-state index in [1.165, 1.54) is 18.2 Å². The number of nitrogens with zero attached hydrogens (tertiary/aromatic N) is 1. The number of rotatable bonds is 6. The second-order valence-electron chi connectivity index (χ2n) is 3.87. The molecule has 18 heavy (non-hydrogen) atoms. The minimum atomic E-state index is -0.591. The summed E-state index contributed by atoms with van der Waals surface area (Å²) in [7, 11) is 0. The van der Waals surface area contributed by atoms with Crippen molar-refractivity contribution in [2.45, 2.75) is 19.4 Å². The predicted molar refractivity (Wildman–Crippen MR) is 65.4 cm³/mol. The summed E-state index contributed by atoms with van der Waals surface area (Å²) < 4.78 is 0. The lowest BCUT2D eigenvalue weighted by molar-refractivity contribution is -0.384. The molecule has 0 bridgehead atoms. The van der Waals surface area contributed by atoms with E-state index in [4.69, 9.17) is 5.73 Å². The number of amides is 1. The van der Waals surface area contributed by atoms with Gasteiger partial charge in [-0.2, -0.15) is 0 Å². The van der Waals surface area contributed by atoms with Gasteiger partial charge in [-0.3, -0.25) is 19.7 Å². The molecular formula is C11H13N3O4. The molecule has 0 aliphatic carbocycles. The zero-order chi connectivity index (χ0) is 13.7. The molecule has 0 aromatic heterocycles. The molecule has 1 unspecified atom stereocenters. The highest BCUT2D eigenvalue weighted by atomic mass is 16.6. The van der Waals surface area contributed by atoms with E-state index in [9.17, 15) is 19.7 Å². The summed E-state index contributed by atoms with van der Waals surface area (Å²) in [6.45, 7) is 1.68. The second-order valence-corrected chi connectivity index (χ2v) is 3.87. The molecule has 7 heteroatoms. The van der Waals surface area contributed by atoms with Gasteiger partial charge in [0.2, 0.25) is 5.91 Å². The Kier molecular flexibility index (Phi) is 4.36. The molecule has 0 saturated carbocycles. The number of carbonyl (C=O) groups excluding carboxylic acids is 2. The van der Waals surface area contributed by atoms with Crippen LogP contribution < -0.4 is 11.1 Å². The number of anilines is 1. The van der Waals surface area contributed by atoms with Crippen molar-refractivity contribution in [3.05, 3.63) is 33.9 Å². The van der Waals surface area contributed by atoms with Crippen LogP contribution in [0, 0.1) is 10.1 Å². The van der Waals surface area contributed by atoms with E-state index in [2.05, 4.69) is 5.32 Å². The van der Waals surface area contributed by atoms with Gasteiger partial charge >= 0.3 is 0 Å². The van der Waals surface area contributed by atoms with E-state index in [0.717, 1.165) is 0 Å². The molecule has 0 spiro atoms. The van der Waals surface area contributed by atoms with Crippen LogP contribution >= 0.6 is 0 Å². The smallest absolute Gasteiger partial charge is 0.293 e. The molecular weight excluding hydrogens is 238 g/mol. The number of carbonyl (C=O) groups is 2. The highest BCUT2D eigenvalue weighted by Crippen LogP contribution is 2.25. The average molecular weight is 251 g/mol. The molecule has 3 N–H and O–H groups in total. The maximum Gasteiger partial charge on any atom is 0.293 e. The highest BCUT2D eigenvalue weighted by molar-refractivity contribution is 5.80. The molecule has 1 atom stereocenters. The monoisotopic (exact) mass is 251 g/mol. The Morgan fingerprint density at radius 2 is 2.28 bits per heavy atom. The molecule has 0 radical (unpaired) electrons. The Morgan fingerprint density at radius 3 is 2.78 bits per heavy atom. The first-order chi connectivity index (χ1) is 8.43. The summed E-state index contributed by atoms with van der Waals surface area (Å²) >= 11 is 0. The number of benzene rings is 1. The molecule has 1 aromatic carbocycles. The topological polar surface area (TPSA) is 115 Å². The number of hydrogen-bond donors (Lipinski definition) is 2. The summed E-state index contributed by atoms with van der Waals surface area (Å²) in [6.07, 6.45) is 0.593. The Morgan fingerprint density at radius 1 is 1.61 bits per heavy atom. The van der Waals surface area contributed by atoms with E-state index < -0.39 is 10.8 Å². The van der Waals surface area contributed by atoms with Crippen molar-refractivity contribution in [3.63, 3.8) is 0 Å². The Balaban J connectivity index is 2.97. The first-order valence-electron chi connectivity index (χ1n) is 5.22. The van der Waals surface area contributed by atoms with Crippen LogP contribution in [0.5, 0.6) is 0 Å². The first-order valence-corrected chi connectivity index (χ1v) is 5.22. The van der Waals surface area contributed by atoms with Crippen molar-refractivity contribution < 1.29 is 14.5 Å². The number of nitro groups is 1. The van der Waals surface area contributed by atoms with Crippen LogP contribution in [0.15, 0.2) is 18.2 Å². The summed E-state index contributed by atoms with van der Waals surface area (Å²) in [4.78, 5) is 31.5. The number of aldehydes is 1. The number of primary amides is 1. The first kappa shape index (κ1) is 13.6. The van der Waals surface area contributed by atoms with E-state index in [1.54, 1.807) is 6.92 Å². The third kappa shape index (κ3) is 3.55. The minimum Gasteiger partial charge on any atom is -0.377 e. The largest absolute Gasteiger partial charge is 0.377 e. The zero-order valence-electron chi connectivity index (χ0n) is 9.75. The van der Waals surface area contributed by atoms with Crippen LogP contribution in [0.25, 0.3) is 0 Å². The van der Waals surface area contributed by atoms with Gasteiger partial charge in [-0.05, 0) is 19.1 Å². The molecule has 0 aliphatic rings. The van der Waals surface area contributed by atoms with Gasteiger partial charge in [0.05, 0.1) is 4.92 Å². The van der Waals surface area contributed by atoms with Crippen LogP contribution in [0.3, 0.4) is 0 Å². The zero-order valence-corrected chi connectivity index (χ0v) is 9.75. The minimum absolute atomic E-state index is 0.0621. The molecule has 0 heterocycles.